The summed E-state index contributed by atoms with van der Waals surface area (Å²) in [5.41, 5.74) is 3.96. The van der Waals surface area contributed by atoms with Gasteiger partial charge >= 0.3 is 0 Å². The standard InChI is InChI=1S/C33H42O4/c1-22-7-5-6-8-29(22)31-17-11-24-19-26(37-33(2,3)4)16-18-30(24)32(31)23-9-12-25(13-10-23)35-21-28-15-14-27(20-34)36-28/h5-10,12-13,16,18-19,22,27-29,31-32,34H,11,14-15,17,20-21H2,1-4H3/t22?,27-,28+,29?,31+,32+/m0/s1. The minimum Gasteiger partial charge on any atom is -0.491 e. The Bertz CT molecular complexity index is 1110. The van der Waals surface area contributed by atoms with E-state index in [0.29, 0.717) is 30.3 Å². The molecule has 1 heterocycles. The Labute approximate surface area is 222 Å². The summed E-state index contributed by atoms with van der Waals surface area (Å²) in [6.45, 7) is 9.26. The summed E-state index contributed by atoms with van der Waals surface area (Å²) in [5, 5.41) is 9.31. The number of rotatable bonds is 7. The van der Waals surface area contributed by atoms with Crippen molar-refractivity contribution < 1.29 is 19.3 Å². The van der Waals surface area contributed by atoms with E-state index in [4.69, 9.17) is 14.2 Å². The Kier molecular flexibility index (Phi) is 7.78. The summed E-state index contributed by atoms with van der Waals surface area (Å²) in [6, 6.07) is 15.4. The van der Waals surface area contributed by atoms with Crippen LogP contribution in [0.15, 0.2) is 66.8 Å². The second-order valence-electron chi connectivity index (χ2n) is 12.0. The second kappa shape index (κ2) is 11.0. The minimum absolute atomic E-state index is 0.0420. The number of hydrogen-bond donors (Lipinski definition) is 1. The van der Waals surface area contributed by atoms with E-state index >= 15 is 0 Å². The van der Waals surface area contributed by atoms with Crippen LogP contribution in [0.3, 0.4) is 0 Å². The molecule has 4 nitrogen and oxygen atoms in total. The summed E-state index contributed by atoms with van der Waals surface area (Å²) < 4.78 is 18.1. The van der Waals surface area contributed by atoms with Crippen LogP contribution in [0, 0.1) is 17.8 Å². The number of fused-ring (bicyclic) bond motifs is 1. The van der Waals surface area contributed by atoms with Crippen LogP contribution in [0.1, 0.15) is 69.6 Å². The van der Waals surface area contributed by atoms with Crippen molar-refractivity contribution in [1.29, 1.82) is 0 Å². The van der Waals surface area contributed by atoms with E-state index < -0.39 is 0 Å². The summed E-state index contributed by atoms with van der Waals surface area (Å²) in [6.07, 6.45) is 13.3. The highest BCUT2D eigenvalue weighted by Crippen LogP contribution is 2.48. The van der Waals surface area contributed by atoms with E-state index in [1.165, 1.54) is 16.7 Å². The van der Waals surface area contributed by atoms with Crippen molar-refractivity contribution in [2.75, 3.05) is 13.2 Å². The van der Waals surface area contributed by atoms with Crippen LogP contribution in [-0.4, -0.2) is 36.1 Å². The summed E-state index contributed by atoms with van der Waals surface area (Å²) in [5.74, 6) is 3.73. The van der Waals surface area contributed by atoms with Crippen molar-refractivity contribution in [2.24, 2.45) is 17.8 Å². The molecule has 37 heavy (non-hydrogen) atoms. The predicted octanol–water partition coefficient (Wildman–Crippen LogP) is 6.86. The lowest BCUT2D eigenvalue weighted by Crippen LogP contribution is -2.31. The first-order chi connectivity index (χ1) is 17.8. The molecule has 2 unspecified atom stereocenters. The maximum atomic E-state index is 9.31. The molecule has 0 bridgehead atoms. The number of aryl methyl sites for hydroxylation is 1. The fraction of sp³-hybridized carbons (Fsp3) is 0.515. The molecule has 3 aliphatic rings. The molecule has 5 rings (SSSR count). The summed E-state index contributed by atoms with van der Waals surface area (Å²) >= 11 is 0. The van der Waals surface area contributed by atoms with Crippen LogP contribution in [0.2, 0.25) is 0 Å². The van der Waals surface area contributed by atoms with Gasteiger partial charge in [-0.25, -0.2) is 0 Å². The first kappa shape index (κ1) is 26.1. The van der Waals surface area contributed by atoms with Crippen molar-refractivity contribution in [2.45, 2.75) is 77.1 Å². The average molecular weight is 503 g/mol. The monoisotopic (exact) mass is 502 g/mol. The lowest BCUT2D eigenvalue weighted by atomic mass is 9.64. The Morgan fingerprint density at radius 3 is 2.35 bits per heavy atom. The van der Waals surface area contributed by atoms with E-state index in [-0.39, 0.29) is 24.4 Å². The third-order valence-electron chi connectivity index (χ3n) is 8.08. The van der Waals surface area contributed by atoms with Gasteiger partial charge in [-0.2, -0.15) is 0 Å². The Balaban J connectivity index is 1.39. The van der Waals surface area contributed by atoms with Crippen LogP contribution in [0.25, 0.3) is 0 Å². The first-order valence-corrected chi connectivity index (χ1v) is 14.0. The number of ether oxygens (including phenoxy) is 3. The number of benzene rings is 2. The molecule has 1 aliphatic heterocycles. The Hall–Kier alpha value is -2.56. The molecule has 0 spiro atoms. The zero-order valence-electron chi connectivity index (χ0n) is 22.7. The molecule has 0 saturated carbocycles. The van der Waals surface area contributed by atoms with E-state index in [9.17, 15) is 5.11 Å². The maximum absolute atomic E-state index is 9.31. The van der Waals surface area contributed by atoms with Crippen LogP contribution in [-0.2, 0) is 11.2 Å². The third-order valence-corrected chi connectivity index (χ3v) is 8.08. The maximum Gasteiger partial charge on any atom is 0.120 e. The molecule has 1 saturated heterocycles. The molecule has 1 N–H and O–H groups in total. The first-order valence-electron chi connectivity index (χ1n) is 14.0. The van der Waals surface area contributed by atoms with E-state index in [1.54, 1.807) is 0 Å². The van der Waals surface area contributed by atoms with E-state index in [0.717, 1.165) is 37.2 Å². The molecule has 2 aromatic carbocycles. The average Bonchev–Trinajstić information content (AvgIpc) is 3.35. The van der Waals surface area contributed by atoms with Gasteiger partial charge in [0.25, 0.3) is 0 Å². The summed E-state index contributed by atoms with van der Waals surface area (Å²) in [7, 11) is 0. The molecule has 2 aromatic rings. The van der Waals surface area contributed by atoms with Gasteiger partial charge in [0.15, 0.2) is 0 Å². The molecular weight excluding hydrogens is 460 g/mol. The Morgan fingerprint density at radius 2 is 1.65 bits per heavy atom. The van der Waals surface area contributed by atoms with Crippen LogP contribution < -0.4 is 9.47 Å². The molecule has 198 valence electrons. The molecule has 4 heteroatoms. The van der Waals surface area contributed by atoms with E-state index in [1.807, 2.05) is 0 Å². The van der Waals surface area contributed by atoms with Crippen LogP contribution in [0.5, 0.6) is 11.5 Å². The zero-order valence-corrected chi connectivity index (χ0v) is 22.7. The van der Waals surface area contributed by atoms with Crippen molar-refractivity contribution in [3.05, 3.63) is 83.5 Å². The topological polar surface area (TPSA) is 47.9 Å². The van der Waals surface area contributed by atoms with Crippen LogP contribution >= 0.6 is 0 Å². The van der Waals surface area contributed by atoms with Gasteiger partial charge in [-0.1, -0.05) is 49.4 Å². The molecule has 0 radical (unpaired) electrons. The number of aliphatic hydroxyl groups is 1. The van der Waals surface area contributed by atoms with Gasteiger partial charge in [-0.15, -0.1) is 0 Å². The van der Waals surface area contributed by atoms with Crippen molar-refractivity contribution in [1.82, 2.24) is 0 Å². The number of allylic oxidation sites excluding steroid dienone is 4. The van der Waals surface area contributed by atoms with Gasteiger partial charge in [0.05, 0.1) is 18.8 Å². The molecule has 6 atom stereocenters. The molecule has 0 amide bonds. The molecule has 2 aliphatic carbocycles. The van der Waals surface area contributed by atoms with E-state index in [2.05, 4.69) is 94.5 Å². The van der Waals surface area contributed by atoms with Crippen LogP contribution in [0.4, 0.5) is 0 Å². The van der Waals surface area contributed by atoms with Gasteiger partial charge in [-0.05, 0) is 105 Å². The number of aliphatic hydroxyl groups excluding tert-OH is 1. The minimum atomic E-state index is -0.210. The third kappa shape index (κ3) is 6.13. The quantitative estimate of drug-likeness (QED) is 0.450. The predicted molar refractivity (Wildman–Crippen MR) is 148 cm³/mol. The molecule has 0 aromatic heterocycles. The fourth-order valence-corrected chi connectivity index (χ4v) is 6.35. The Morgan fingerprint density at radius 1 is 0.919 bits per heavy atom. The lowest BCUT2D eigenvalue weighted by Gasteiger charge is -2.40. The summed E-state index contributed by atoms with van der Waals surface area (Å²) in [4.78, 5) is 0. The van der Waals surface area contributed by atoms with Gasteiger partial charge in [0.2, 0.25) is 0 Å². The molecular formula is C33H42O4. The van der Waals surface area contributed by atoms with Gasteiger partial charge in [-0.3, -0.25) is 0 Å². The number of hydrogen-bond acceptors (Lipinski definition) is 4. The molecule has 1 fully saturated rings. The van der Waals surface area contributed by atoms with Crippen molar-refractivity contribution in [3.8, 4) is 11.5 Å². The normalized spacial score (nSPS) is 29.2. The highest BCUT2D eigenvalue weighted by atomic mass is 16.5. The van der Waals surface area contributed by atoms with Gasteiger partial charge in [0.1, 0.15) is 23.7 Å². The fourth-order valence-electron chi connectivity index (χ4n) is 6.35. The largest absolute Gasteiger partial charge is 0.491 e. The van der Waals surface area contributed by atoms with Gasteiger partial charge in [0, 0.05) is 5.92 Å². The van der Waals surface area contributed by atoms with Crippen molar-refractivity contribution >= 4 is 0 Å². The SMILES string of the molecule is CC1C=CC=CC1[C@H]1CCc2cc(OC(C)(C)C)ccc2[C@H]1c1ccc(OC[C@H]2CC[C@@H](CO)O2)cc1. The van der Waals surface area contributed by atoms with Gasteiger partial charge < -0.3 is 19.3 Å². The lowest BCUT2D eigenvalue weighted by molar-refractivity contribution is -0.00722. The highest BCUT2D eigenvalue weighted by Gasteiger charge is 2.37. The van der Waals surface area contributed by atoms with Crippen molar-refractivity contribution in [3.63, 3.8) is 0 Å². The highest BCUT2D eigenvalue weighted by molar-refractivity contribution is 5.46. The smallest absolute Gasteiger partial charge is 0.120 e. The second-order valence-corrected chi connectivity index (χ2v) is 12.0. The zero-order chi connectivity index (χ0) is 26.0.